The van der Waals surface area contributed by atoms with Crippen LogP contribution in [-0.4, -0.2) is 58.5 Å². The van der Waals surface area contributed by atoms with E-state index in [1.165, 1.54) is 37.9 Å². The number of fused-ring (bicyclic) bond motifs is 1. The van der Waals surface area contributed by atoms with E-state index in [9.17, 15) is 4.79 Å². The van der Waals surface area contributed by atoms with Crippen molar-refractivity contribution in [1.82, 2.24) is 14.8 Å². The van der Waals surface area contributed by atoms with Gasteiger partial charge in [-0.2, -0.15) is 0 Å². The molecule has 1 saturated carbocycles. The zero-order valence-corrected chi connectivity index (χ0v) is 19.8. The molecule has 1 atom stereocenters. The van der Waals surface area contributed by atoms with Crippen LogP contribution in [0.3, 0.4) is 0 Å². The first-order valence-electron chi connectivity index (χ1n) is 12.9. The molecule has 2 aromatic rings. The van der Waals surface area contributed by atoms with E-state index in [1.54, 1.807) is 0 Å². The Morgan fingerprint density at radius 1 is 1.03 bits per heavy atom. The van der Waals surface area contributed by atoms with Crippen LogP contribution in [0.15, 0.2) is 36.5 Å². The number of aromatic nitrogens is 1. The van der Waals surface area contributed by atoms with E-state index in [1.807, 2.05) is 23.2 Å². The van der Waals surface area contributed by atoms with Crippen LogP contribution >= 0.6 is 0 Å². The number of carbonyl (C=O) groups excluding carboxylic acids is 1. The van der Waals surface area contributed by atoms with Gasteiger partial charge in [0.05, 0.1) is 0 Å². The molecule has 3 fully saturated rings. The Kier molecular flexibility index (Phi) is 5.40. The molecule has 174 valence electrons. The summed E-state index contributed by atoms with van der Waals surface area (Å²) in [6, 6.07) is 11.3. The van der Waals surface area contributed by atoms with Crippen molar-refractivity contribution in [2.24, 2.45) is 5.92 Å². The highest BCUT2D eigenvalue weighted by atomic mass is 16.5. The monoisotopic (exact) mass is 445 g/mol. The van der Waals surface area contributed by atoms with E-state index >= 15 is 0 Å². The van der Waals surface area contributed by atoms with Gasteiger partial charge in [0.15, 0.2) is 0 Å². The van der Waals surface area contributed by atoms with E-state index in [-0.39, 0.29) is 11.5 Å². The topological polar surface area (TPSA) is 45.7 Å². The van der Waals surface area contributed by atoms with Crippen molar-refractivity contribution in [3.8, 4) is 16.9 Å². The Balaban J connectivity index is 1.13. The molecule has 1 amide bonds. The maximum atomic E-state index is 12.7. The number of likely N-dealkylation sites (tertiary alicyclic amines) is 2. The minimum Gasteiger partial charge on any atom is -0.487 e. The van der Waals surface area contributed by atoms with E-state index in [4.69, 9.17) is 4.74 Å². The van der Waals surface area contributed by atoms with Crippen molar-refractivity contribution in [2.45, 2.75) is 69.9 Å². The molecular weight excluding hydrogens is 410 g/mol. The fourth-order valence-corrected chi connectivity index (χ4v) is 6.07. The van der Waals surface area contributed by atoms with Crippen LogP contribution in [0.4, 0.5) is 0 Å². The smallest absolute Gasteiger partial charge is 0.272 e. The molecule has 5 nitrogen and oxygen atoms in total. The first-order chi connectivity index (χ1) is 16.1. The molecule has 1 aliphatic carbocycles. The summed E-state index contributed by atoms with van der Waals surface area (Å²) in [6.07, 6.45) is 11.6. The first kappa shape index (κ1) is 21.2. The van der Waals surface area contributed by atoms with Gasteiger partial charge in [-0.3, -0.25) is 9.78 Å². The number of benzene rings is 1. The average molecular weight is 446 g/mol. The van der Waals surface area contributed by atoms with Crippen molar-refractivity contribution < 1.29 is 9.53 Å². The summed E-state index contributed by atoms with van der Waals surface area (Å²) >= 11 is 0. The van der Waals surface area contributed by atoms with Gasteiger partial charge in [0.1, 0.15) is 17.0 Å². The molecule has 5 heteroatoms. The highest BCUT2D eigenvalue weighted by Gasteiger charge is 2.41. The lowest BCUT2D eigenvalue weighted by Gasteiger charge is -2.48. The zero-order chi connectivity index (χ0) is 22.4. The summed E-state index contributed by atoms with van der Waals surface area (Å²) in [5.74, 6) is 1.70. The molecular formula is C28H35N3O2. The quantitative estimate of drug-likeness (QED) is 0.671. The molecule has 0 radical (unpaired) electrons. The van der Waals surface area contributed by atoms with Crippen LogP contribution in [0.25, 0.3) is 11.1 Å². The van der Waals surface area contributed by atoms with Gasteiger partial charge in [0.25, 0.3) is 5.91 Å². The molecule has 6 rings (SSSR count). The maximum Gasteiger partial charge on any atom is 0.272 e. The minimum absolute atomic E-state index is 0.0331. The summed E-state index contributed by atoms with van der Waals surface area (Å²) in [5.41, 5.74) is 4.08. The third-order valence-corrected chi connectivity index (χ3v) is 8.56. The number of piperidine rings is 1. The number of hydrogen-bond donors (Lipinski definition) is 0. The van der Waals surface area contributed by atoms with Crippen molar-refractivity contribution in [1.29, 1.82) is 0 Å². The number of nitrogens with zero attached hydrogens (tertiary/aromatic N) is 3. The summed E-state index contributed by atoms with van der Waals surface area (Å²) in [4.78, 5) is 21.8. The Morgan fingerprint density at radius 2 is 1.85 bits per heavy atom. The van der Waals surface area contributed by atoms with Gasteiger partial charge in [-0.05, 0) is 80.2 Å². The molecule has 1 aromatic carbocycles. The molecule has 4 aliphatic rings. The number of carbonyl (C=O) groups is 1. The number of pyridine rings is 1. The number of ether oxygens (including phenoxy) is 1. The fraction of sp³-hybridized carbons (Fsp3) is 0.571. The number of amides is 1. The third-order valence-electron chi connectivity index (χ3n) is 8.56. The van der Waals surface area contributed by atoms with Gasteiger partial charge in [0, 0.05) is 44.0 Å². The molecule has 4 heterocycles. The van der Waals surface area contributed by atoms with Crippen LogP contribution < -0.4 is 4.74 Å². The average Bonchev–Trinajstić information content (AvgIpc) is 3.25. The van der Waals surface area contributed by atoms with Crippen LogP contribution in [0.2, 0.25) is 0 Å². The Labute approximate surface area is 197 Å². The van der Waals surface area contributed by atoms with Crippen molar-refractivity contribution >= 4 is 5.91 Å². The van der Waals surface area contributed by atoms with Gasteiger partial charge in [-0.15, -0.1) is 0 Å². The molecule has 3 aliphatic heterocycles. The fourth-order valence-electron chi connectivity index (χ4n) is 6.07. The molecule has 33 heavy (non-hydrogen) atoms. The molecule has 1 spiro atoms. The second kappa shape index (κ2) is 8.43. The molecule has 0 bridgehead atoms. The highest BCUT2D eigenvalue weighted by Crippen LogP contribution is 2.42. The lowest BCUT2D eigenvalue weighted by atomic mass is 9.81. The van der Waals surface area contributed by atoms with E-state index in [0.717, 1.165) is 68.1 Å². The Hall–Kier alpha value is -2.40. The van der Waals surface area contributed by atoms with Crippen LogP contribution in [0.5, 0.6) is 5.75 Å². The minimum atomic E-state index is 0.0331. The molecule has 0 unspecified atom stereocenters. The molecule has 2 saturated heterocycles. The number of rotatable bonds is 3. The van der Waals surface area contributed by atoms with Crippen molar-refractivity contribution in [2.75, 3.05) is 26.2 Å². The SMILES string of the molecule is C[C@H]1CCN(C(=O)c2ccc(-c3ccc4c(c3)CCC3(CCN(C5CCC5)CC3)O4)cn2)C1. The summed E-state index contributed by atoms with van der Waals surface area (Å²) in [5, 5.41) is 0. The zero-order valence-electron chi connectivity index (χ0n) is 19.8. The highest BCUT2D eigenvalue weighted by molar-refractivity contribution is 5.92. The second-order valence-electron chi connectivity index (χ2n) is 10.8. The Bertz CT molecular complexity index is 1020. The van der Waals surface area contributed by atoms with Crippen molar-refractivity contribution in [3.05, 3.63) is 47.8 Å². The first-order valence-corrected chi connectivity index (χ1v) is 12.9. The number of hydrogen-bond acceptors (Lipinski definition) is 4. The lowest BCUT2D eigenvalue weighted by molar-refractivity contribution is -0.0336. The van der Waals surface area contributed by atoms with E-state index < -0.39 is 0 Å². The van der Waals surface area contributed by atoms with E-state index in [0.29, 0.717) is 11.6 Å². The third kappa shape index (κ3) is 4.05. The maximum absolute atomic E-state index is 12.7. The van der Waals surface area contributed by atoms with Crippen molar-refractivity contribution in [3.63, 3.8) is 0 Å². The lowest BCUT2D eigenvalue weighted by Crippen LogP contribution is -2.53. The standard InChI is InChI=1S/C28H35N3O2/c1-20-10-14-31(19-20)27(32)25-7-5-23(18-29-25)21-6-8-26-22(17-21)9-11-28(33-26)12-15-30(16-13-28)24-3-2-4-24/h5-8,17-18,20,24H,2-4,9-16,19H2,1H3/t20-/m0/s1. The van der Waals surface area contributed by atoms with Gasteiger partial charge in [0.2, 0.25) is 0 Å². The van der Waals surface area contributed by atoms with Gasteiger partial charge >= 0.3 is 0 Å². The van der Waals surface area contributed by atoms with Crippen LogP contribution in [0.1, 0.15) is 67.9 Å². The van der Waals surface area contributed by atoms with Gasteiger partial charge in [-0.25, -0.2) is 0 Å². The predicted molar refractivity (Wildman–Crippen MR) is 129 cm³/mol. The number of aryl methyl sites for hydroxylation is 1. The van der Waals surface area contributed by atoms with E-state index in [2.05, 4.69) is 35.0 Å². The largest absolute Gasteiger partial charge is 0.487 e. The normalized spacial score (nSPS) is 24.9. The summed E-state index contributed by atoms with van der Waals surface area (Å²) in [6.45, 7) is 6.25. The van der Waals surface area contributed by atoms with Crippen LogP contribution in [-0.2, 0) is 6.42 Å². The molecule has 1 aromatic heterocycles. The molecule has 0 N–H and O–H groups in total. The summed E-state index contributed by atoms with van der Waals surface area (Å²) < 4.78 is 6.65. The predicted octanol–water partition coefficient (Wildman–Crippen LogP) is 4.94. The van der Waals surface area contributed by atoms with Crippen LogP contribution in [0, 0.1) is 5.92 Å². The Morgan fingerprint density at radius 3 is 2.52 bits per heavy atom. The van der Waals surface area contributed by atoms with Gasteiger partial charge < -0.3 is 14.5 Å². The van der Waals surface area contributed by atoms with Gasteiger partial charge in [-0.1, -0.05) is 25.5 Å². The summed E-state index contributed by atoms with van der Waals surface area (Å²) in [7, 11) is 0. The second-order valence-corrected chi connectivity index (χ2v) is 10.8.